The van der Waals surface area contributed by atoms with Crippen LogP contribution in [-0.2, 0) is 11.3 Å². The molecular weight excluding hydrogens is 544 g/mol. The molecule has 12 heteroatoms. The fraction of sp³-hybridized carbons (Fsp3) is 0.517. The molecule has 2 fully saturated rings. The molecule has 0 aromatic carbocycles. The standard InChI is InChI=1S/C29H35ClN8O3/c1-5-17-8-10-18(11-9-17)16-38-23-22(19-13-20(30)15-31-14-19)32-25(26-35-28(39)41-36-26)33-24(23)34-27(38)37-12-6-7-21(37)29(2,3)40-4/h5,13-15,17-18,21H,1,6-12,16H2,2-4H3,(H,35,36,39)/t17-,18-,21?. The average Bonchev–Trinajstić information content (AvgIpc) is 3.72. The highest BCUT2D eigenvalue weighted by Crippen LogP contribution is 2.39. The van der Waals surface area contributed by atoms with Crippen LogP contribution in [0.4, 0.5) is 5.95 Å². The molecule has 4 aromatic heterocycles. The van der Waals surface area contributed by atoms with Crippen molar-refractivity contribution in [1.29, 1.82) is 0 Å². The lowest BCUT2D eigenvalue weighted by molar-refractivity contribution is 0.00151. The van der Waals surface area contributed by atoms with Crippen molar-refractivity contribution in [1.82, 2.24) is 34.6 Å². The second kappa shape index (κ2) is 11.0. The summed E-state index contributed by atoms with van der Waals surface area (Å²) in [6.07, 6.45) is 11.9. The van der Waals surface area contributed by atoms with Gasteiger partial charge in [-0.1, -0.05) is 22.8 Å². The van der Waals surface area contributed by atoms with Crippen LogP contribution in [0, 0.1) is 11.8 Å². The largest absolute Gasteiger partial charge is 0.439 e. The van der Waals surface area contributed by atoms with Gasteiger partial charge in [-0.05, 0) is 70.3 Å². The van der Waals surface area contributed by atoms with Crippen LogP contribution in [0.1, 0.15) is 52.4 Å². The number of rotatable bonds is 8. The maximum atomic E-state index is 11.8. The number of H-pyrrole nitrogens is 1. The summed E-state index contributed by atoms with van der Waals surface area (Å²) < 4.78 is 13.0. The first-order valence-electron chi connectivity index (χ1n) is 14.2. The number of anilines is 1. The highest BCUT2D eigenvalue weighted by Gasteiger charge is 2.40. The zero-order valence-corrected chi connectivity index (χ0v) is 24.4. The molecular formula is C29H35ClN8O3. The van der Waals surface area contributed by atoms with E-state index in [4.69, 9.17) is 35.8 Å². The Hall–Kier alpha value is -3.57. The number of ether oxygens (including phenoxy) is 1. The van der Waals surface area contributed by atoms with E-state index < -0.39 is 5.76 Å². The highest BCUT2D eigenvalue weighted by atomic mass is 35.5. The monoisotopic (exact) mass is 578 g/mol. The smallest absolute Gasteiger partial charge is 0.377 e. The Balaban J connectivity index is 1.57. The third kappa shape index (κ3) is 5.28. The first-order chi connectivity index (χ1) is 19.8. The van der Waals surface area contributed by atoms with Crippen LogP contribution in [-0.4, -0.2) is 59.9 Å². The second-order valence-corrected chi connectivity index (χ2v) is 12.0. The Kier molecular flexibility index (Phi) is 7.41. The molecule has 1 saturated carbocycles. The first-order valence-corrected chi connectivity index (χ1v) is 14.5. The molecule has 5 heterocycles. The second-order valence-electron chi connectivity index (χ2n) is 11.6. The maximum absolute atomic E-state index is 11.8. The van der Waals surface area contributed by atoms with Crippen molar-refractivity contribution in [2.45, 2.75) is 70.6 Å². The molecule has 0 spiro atoms. The van der Waals surface area contributed by atoms with Crippen LogP contribution in [0.2, 0.25) is 5.02 Å². The molecule has 1 aliphatic carbocycles. The molecule has 216 valence electrons. The van der Waals surface area contributed by atoms with E-state index in [2.05, 4.69) is 51.1 Å². The SMILES string of the molecule is C=C[C@H]1CC[C@H](Cn2c(N3CCCC3C(C)(C)OC)nc3nc(-c4noc(=O)[nH]4)nc(-c4cncc(Cl)c4)c32)CC1. The van der Waals surface area contributed by atoms with Crippen molar-refractivity contribution < 1.29 is 9.26 Å². The summed E-state index contributed by atoms with van der Waals surface area (Å²) in [5, 5.41) is 4.32. The van der Waals surface area contributed by atoms with Crippen LogP contribution in [0.25, 0.3) is 34.1 Å². The Morgan fingerprint density at radius 1 is 1.20 bits per heavy atom. The molecule has 11 nitrogen and oxygen atoms in total. The Labute approximate surface area is 243 Å². The van der Waals surface area contributed by atoms with Gasteiger partial charge in [-0.3, -0.25) is 14.5 Å². The van der Waals surface area contributed by atoms with Crippen molar-refractivity contribution in [3.63, 3.8) is 0 Å². The van der Waals surface area contributed by atoms with Gasteiger partial charge in [0.25, 0.3) is 0 Å². The van der Waals surface area contributed by atoms with E-state index in [1.807, 2.05) is 6.07 Å². The minimum Gasteiger partial charge on any atom is -0.377 e. The van der Waals surface area contributed by atoms with Gasteiger partial charge < -0.3 is 14.2 Å². The quantitative estimate of drug-likeness (QED) is 0.278. The van der Waals surface area contributed by atoms with E-state index in [0.29, 0.717) is 28.2 Å². The first kappa shape index (κ1) is 27.6. The minimum atomic E-state index is -0.683. The van der Waals surface area contributed by atoms with Crippen LogP contribution < -0.4 is 10.7 Å². The number of hydrogen-bond acceptors (Lipinski definition) is 9. The van der Waals surface area contributed by atoms with Gasteiger partial charge in [0.2, 0.25) is 17.6 Å². The van der Waals surface area contributed by atoms with Gasteiger partial charge >= 0.3 is 5.76 Å². The molecule has 41 heavy (non-hydrogen) atoms. The number of pyridine rings is 1. The predicted molar refractivity (Wildman–Crippen MR) is 157 cm³/mol. The number of methoxy groups -OCH3 is 1. The number of nitrogens with one attached hydrogen (secondary N) is 1. The molecule has 4 aromatic rings. The fourth-order valence-electron chi connectivity index (χ4n) is 6.32. The number of imidazole rings is 1. The number of nitrogens with zero attached hydrogens (tertiary/aromatic N) is 7. The van der Waals surface area contributed by atoms with Crippen molar-refractivity contribution >= 4 is 28.7 Å². The van der Waals surface area contributed by atoms with Crippen molar-refractivity contribution in [3.8, 4) is 22.9 Å². The molecule has 0 amide bonds. The molecule has 1 aliphatic heterocycles. The van der Waals surface area contributed by atoms with Crippen molar-refractivity contribution in [2.24, 2.45) is 11.8 Å². The molecule has 2 aliphatic rings. The number of allylic oxidation sites excluding steroid dienone is 1. The summed E-state index contributed by atoms with van der Waals surface area (Å²) in [6, 6.07) is 1.96. The average molecular weight is 579 g/mol. The zero-order chi connectivity index (χ0) is 28.7. The number of aromatic nitrogens is 7. The Morgan fingerprint density at radius 3 is 2.68 bits per heavy atom. The van der Waals surface area contributed by atoms with Gasteiger partial charge in [-0.2, -0.15) is 4.98 Å². The van der Waals surface area contributed by atoms with E-state index in [9.17, 15) is 4.79 Å². The number of aromatic amines is 1. The lowest BCUT2D eigenvalue weighted by Gasteiger charge is -2.38. The van der Waals surface area contributed by atoms with Gasteiger partial charge in [0.1, 0.15) is 11.2 Å². The van der Waals surface area contributed by atoms with E-state index in [1.54, 1.807) is 19.5 Å². The van der Waals surface area contributed by atoms with Gasteiger partial charge in [-0.15, -0.1) is 6.58 Å². The van der Waals surface area contributed by atoms with Crippen molar-refractivity contribution in [2.75, 3.05) is 18.6 Å². The lowest BCUT2D eigenvalue weighted by atomic mass is 9.82. The summed E-state index contributed by atoms with van der Waals surface area (Å²) in [5.74, 6) is 1.53. The highest BCUT2D eigenvalue weighted by molar-refractivity contribution is 6.30. The summed E-state index contributed by atoms with van der Waals surface area (Å²) in [4.78, 5) is 35.8. The predicted octanol–water partition coefficient (Wildman–Crippen LogP) is 5.27. The van der Waals surface area contributed by atoms with Crippen LogP contribution >= 0.6 is 11.6 Å². The molecule has 1 N–H and O–H groups in total. The van der Waals surface area contributed by atoms with Crippen LogP contribution in [0.3, 0.4) is 0 Å². The summed E-state index contributed by atoms with van der Waals surface area (Å²) in [6.45, 7) is 9.90. The normalized spacial score (nSPS) is 21.6. The number of hydrogen-bond donors (Lipinski definition) is 1. The Bertz CT molecular complexity index is 1620. The molecule has 6 rings (SSSR count). The van der Waals surface area contributed by atoms with Gasteiger partial charge in [0.05, 0.1) is 16.7 Å². The Morgan fingerprint density at radius 2 is 2.00 bits per heavy atom. The van der Waals surface area contributed by atoms with E-state index >= 15 is 0 Å². The number of halogens is 1. The van der Waals surface area contributed by atoms with Gasteiger partial charge in [0, 0.05) is 38.2 Å². The lowest BCUT2D eigenvalue weighted by Crippen LogP contribution is -2.48. The third-order valence-electron chi connectivity index (χ3n) is 8.72. The van der Waals surface area contributed by atoms with Crippen LogP contribution in [0.15, 0.2) is 40.4 Å². The van der Waals surface area contributed by atoms with E-state index in [1.165, 1.54) is 0 Å². The number of fused-ring (bicyclic) bond motifs is 1. The zero-order valence-electron chi connectivity index (χ0n) is 23.6. The maximum Gasteiger partial charge on any atom is 0.439 e. The van der Waals surface area contributed by atoms with Gasteiger partial charge in [0.15, 0.2) is 5.65 Å². The summed E-state index contributed by atoms with van der Waals surface area (Å²) in [5.41, 5.74) is 2.26. The van der Waals surface area contributed by atoms with E-state index in [-0.39, 0.29) is 23.3 Å². The van der Waals surface area contributed by atoms with Crippen molar-refractivity contribution in [3.05, 3.63) is 46.7 Å². The minimum absolute atomic E-state index is 0.131. The van der Waals surface area contributed by atoms with E-state index in [0.717, 1.165) is 68.6 Å². The summed E-state index contributed by atoms with van der Waals surface area (Å²) >= 11 is 6.39. The van der Waals surface area contributed by atoms with Gasteiger partial charge in [-0.25, -0.2) is 14.8 Å². The molecule has 0 radical (unpaired) electrons. The topological polar surface area (TPSA) is 128 Å². The summed E-state index contributed by atoms with van der Waals surface area (Å²) in [7, 11) is 1.76. The van der Waals surface area contributed by atoms with Crippen LogP contribution in [0.5, 0.6) is 0 Å². The fourth-order valence-corrected chi connectivity index (χ4v) is 6.50. The molecule has 1 atom stereocenters. The molecule has 0 bridgehead atoms. The molecule has 1 unspecified atom stereocenters. The third-order valence-corrected chi connectivity index (χ3v) is 8.92. The molecule has 1 saturated heterocycles.